The van der Waals surface area contributed by atoms with E-state index in [4.69, 9.17) is 4.74 Å². The first-order chi connectivity index (χ1) is 6.23. The first-order valence-corrected chi connectivity index (χ1v) is 5.20. The van der Waals surface area contributed by atoms with Gasteiger partial charge in [-0.15, -0.1) is 6.58 Å². The molecule has 1 spiro atoms. The minimum atomic E-state index is 0.452. The monoisotopic (exact) mass is 181 g/mol. The average Bonchev–Trinajstić information content (AvgIpc) is 2.84. The highest BCUT2D eigenvalue weighted by molar-refractivity contribution is 5.06. The molecular weight excluding hydrogens is 162 g/mol. The van der Waals surface area contributed by atoms with Gasteiger partial charge in [-0.05, 0) is 26.2 Å². The molecular formula is C11H19NO. The van der Waals surface area contributed by atoms with Gasteiger partial charge in [-0.1, -0.05) is 5.57 Å². The lowest BCUT2D eigenvalue weighted by Crippen LogP contribution is -2.47. The molecule has 13 heavy (non-hydrogen) atoms. The summed E-state index contributed by atoms with van der Waals surface area (Å²) in [5, 5.41) is 0. The Labute approximate surface area is 80.6 Å². The summed E-state index contributed by atoms with van der Waals surface area (Å²) in [6.07, 6.45) is 3.81. The van der Waals surface area contributed by atoms with E-state index in [1.807, 2.05) is 0 Å². The molecule has 0 aromatic rings. The zero-order chi connectivity index (χ0) is 9.31. The van der Waals surface area contributed by atoms with Gasteiger partial charge >= 0.3 is 0 Å². The Balaban J connectivity index is 1.85. The highest BCUT2D eigenvalue weighted by Crippen LogP contribution is 2.43. The third kappa shape index (κ3) is 1.94. The first-order valence-electron chi connectivity index (χ1n) is 5.20. The Morgan fingerprint density at radius 3 is 2.92 bits per heavy atom. The second-order valence-electron chi connectivity index (χ2n) is 4.47. The fourth-order valence-corrected chi connectivity index (χ4v) is 2.04. The largest absolute Gasteiger partial charge is 0.378 e. The fraction of sp³-hybridized carbons (Fsp3) is 0.818. The van der Waals surface area contributed by atoms with Crippen molar-refractivity contribution in [3.63, 3.8) is 0 Å². The molecule has 2 heteroatoms. The molecule has 1 saturated heterocycles. The Bertz CT molecular complexity index is 208. The molecule has 1 aliphatic heterocycles. The summed E-state index contributed by atoms with van der Waals surface area (Å²) in [6, 6.07) is 0. The van der Waals surface area contributed by atoms with Crippen LogP contribution >= 0.6 is 0 Å². The van der Waals surface area contributed by atoms with Crippen LogP contribution in [0.1, 0.15) is 26.2 Å². The predicted octanol–water partition coefficient (Wildman–Crippen LogP) is 1.82. The van der Waals surface area contributed by atoms with Gasteiger partial charge in [0.1, 0.15) is 0 Å². The van der Waals surface area contributed by atoms with Crippen molar-refractivity contribution in [2.75, 3.05) is 26.3 Å². The van der Waals surface area contributed by atoms with Crippen molar-refractivity contribution in [1.82, 2.24) is 4.90 Å². The molecule has 2 aliphatic rings. The van der Waals surface area contributed by atoms with Crippen LogP contribution in [-0.4, -0.2) is 36.7 Å². The molecule has 0 aromatic heterocycles. The molecule has 2 nitrogen and oxygen atoms in total. The summed E-state index contributed by atoms with van der Waals surface area (Å²) in [6.45, 7) is 10.2. The molecule has 74 valence electrons. The van der Waals surface area contributed by atoms with Crippen LogP contribution < -0.4 is 0 Å². The summed E-state index contributed by atoms with van der Waals surface area (Å²) in [5.74, 6) is 0. The molecule has 0 bridgehead atoms. The van der Waals surface area contributed by atoms with E-state index in [0.717, 1.165) is 26.2 Å². The van der Waals surface area contributed by atoms with Crippen LogP contribution in [0.5, 0.6) is 0 Å². The summed E-state index contributed by atoms with van der Waals surface area (Å²) in [7, 11) is 0. The van der Waals surface area contributed by atoms with Gasteiger partial charge in [0, 0.05) is 18.6 Å². The normalized spacial score (nSPS) is 26.2. The lowest BCUT2D eigenvalue weighted by atomic mass is 10.1. The van der Waals surface area contributed by atoms with Crippen molar-refractivity contribution in [2.45, 2.75) is 31.7 Å². The highest BCUT2D eigenvalue weighted by Gasteiger charge is 2.49. The molecule has 1 saturated carbocycles. The Morgan fingerprint density at radius 2 is 2.31 bits per heavy atom. The SMILES string of the molecule is C=C(C)CCN1CCOCC12CC2. The second-order valence-corrected chi connectivity index (χ2v) is 4.47. The zero-order valence-electron chi connectivity index (χ0n) is 8.51. The number of rotatable bonds is 3. The number of hydrogen-bond donors (Lipinski definition) is 0. The van der Waals surface area contributed by atoms with Crippen LogP contribution in [0.2, 0.25) is 0 Å². The maximum absolute atomic E-state index is 5.52. The molecule has 0 atom stereocenters. The highest BCUT2D eigenvalue weighted by atomic mass is 16.5. The van der Waals surface area contributed by atoms with Crippen molar-refractivity contribution in [1.29, 1.82) is 0 Å². The smallest absolute Gasteiger partial charge is 0.0651 e. The van der Waals surface area contributed by atoms with E-state index >= 15 is 0 Å². The van der Waals surface area contributed by atoms with Gasteiger partial charge in [-0.2, -0.15) is 0 Å². The molecule has 1 heterocycles. The van der Waals surface area contributed by atoms with Crippen LogP contribution in [0.4, 0.5) is 0 Å². The minimum absolute atomic E-state index is 0.452. The molecule has 0 N–H and O–H groups in total. The van der Waals surface area contributed by atoms with E-state index < -0.39 is 0 Å². The van der Waals surface area contributed by atoms with Crippen LogP contribution in [0, 0.1) is 0 Å². The molecule has 2 fully saturated rings. The van der Waals surface area contributed by atoms with Crippen molar-refractivity contribution in [2.24, 2.45) is 0 Å². The lowest BCUT2D eigenvalue weighted by molar-refractivity contribution is -0.0195. The van der Waals surface area contributed by atoms with Gasteiger partial charge in [-0.3, -0.25) is 4.90 Å². The standard InChI is InChI=1S/C11H19NO/c1-10(2)3-6-12-7-8-13-9-11(12)4-5-11/h1,3-9H2,2H3. The minimum Gasteiger partial charge on any atom is -0.378 e. The Kier molecular flexibility index (Phi) is 2.43. The van der Waals surface area contributed by atoms with Crippen LogP contribution in [0.3, 0.4) is 0 Å². The Hall–Kier alpha value is -0.340. The average molecular weight is 181 g/mol. The maximum atomic E-state index is 5.52. The van der Waals surface area contributed by atoms with Gasteiger partial charge in [-0.25, -0.2) is 0 Å². The van der Waals surface area contributed by atoms with Crippen LogP contribution in [-0.2, 0) is 4.74 Å². The topological polar surface area (TPSA) is 12.5 Å². The van der Waals surface area contributed by atoms with E-state index in [-0.39, 0.29) is 0 Å². The van der Waals surface area contributed by atoms with Gasteiger partial charge < -0.3 is 4.74 Å². The molecule has 0 unspecified atom stereocenters. The predicted molar refractivity (Wildman–Crippen MR) is 53.8 cm³/mol. The van der Waals surface area contributed by atoms with Crippen LogP contribution in [0.15, 0.2) is 12.2 Å². The van der Waals surface area contributed by atoms with E-state index in [1.54, 1.807) is 0 Å². The van der Waals surface area contributed by atoms with E-state index in [9.17, 15) is 0 Å². The van der Waals surface area contributed by atoms with Crippen molar-refractivity contribution >= 4 is 0 Å². The number of hydrogen-bond acceptors (Lipinski definition) is 2. The van der Waals surface area contributed by atoms with Gasteiger partial charge in [0.05, 0.1) is 13.2 Å². The lowest BCUT2D eigenvalue weighted by Gasteiger charge is -2.36. The van der Waals surface area contributed by atoms with E-state index in [1.165, 1.54) is 25.0 Å². The second kappa shape index (κ2) is 3.43. The van der Waals surface area contributed by atoms with Gasteiger partial charge in [0.15, 0.2) is 0 Å². The van der Waals surface area contributed by atoms with Crippen molar-refractivity contribution in [3.8, 4) is 0 Å². The molecule has 2 rings (SSSR count). The number of morpholine rings is 1. The number of nitrogens with zero attached hydrogens (tertiary/aromatic N) is 1. The summed E-state index contributed by atoms with van der Waals surface area (Å²) >= 11 is 0. The third-order valence-electron chi connectivity index (χ3n) is 3.18. The molecule has 0 aromatic carbocycles. The quantitative estimate of drug-likeness (QED) is 0.616. The summed E-state index contributed by atoms with van der Waals surface area (Å²) < 4.78 is 5.52. The Morgan fingerprint density at radius 1 is 1.54 bits per heavy atom. The maximum Gasteiger partial charge on any atom is 0.0651 e. The first kappa shape index (κ1) is 9.22. The summed E-state index contributed by atoms with van der Waals surface area (Å²) in [4.78, 5) is 2.60. The van der Waals surface area contributed by atoms with E-state index in [0.29, 0.717) is 5.54 Å². The molecule has 1 aliphatic carbocycles. The summed E-state index contributed by atoms with van der Waals surface area (Å²) in [5.41, 5.74) is 1.75. The van der Waals surface area contributed by atoms with Crippen LogP contribution in [0.25, 0.3) is 0 Å². The van der Waals surface area contributed by atoms with E-state index in [2.05, 4.69) is 18.4 Å². The third-order valence-corrected chi connectivity index (χ3v) is 3.18. The number of ether oxygens (including phenoxy) is 1. The zero-order valence-corrected chi connectivity index (χ0v) is 8.51. The fourth-order valence-electron chi connectivity index (χ4n) is 2.04. The molecule has 0 radical (unpaired) electrons. The molecule has 0 amide bonds. The van der Waals surface area contributed by atoms with Crippen molar-refractivity contribution in [3.05, 3.63) is 12.2 Å². The van der Waals surface area contributed by atoms with Gasteiger partial charge in [0.25, 0.3) is 0 Å². The van der Waals surface area contributed by atoms with Crippen molar-refractivity contribution < 1.29 is 4.74 Å². The van der Waals surface area contributed by atoms with Gasteiger partial charge in [0.2, 0.25) is 0 Å².